The zero-order chi connectivity index (χ0) is 20.1. The van der Waals surface area contributed by atoms with E-state index in [0.717, 1.165) is 73.4 Å². The highest BCUT2D eigenvalue weighted by atomic mass is 35.5. The average molecular weight is 402 g/mol. The number of hydrogen-bond acceptors (Lipinski definition) is 3. The van der Waals surface area contributed by atoms with E-state index in [1.807, 2.05) is 18.2 Å². The molecule has 1 aromatic carbocycles. The normalized spacial score (nSPS) is 14.9. The minimum Gasteiger partial charge on any atom is -0.350 e. The zero-order valence-electron chi connectivity index (χ0n) is 17.4. The number of nitrogens with zero attached hydrogens (tertiary/aromatic N) is 2. The molecule has 1 N–H and O–H groups in total. The van der Waals surface area contributed by atoms with Gasteiger partial charge < -0.3 is 10.2 Å². The molecule has 1 amide bonds. The number of aryl methyl sites for hydroxylation is 1. The van der Waals surface area contributed by atoms with Gasteiger partial charge in [0.1, 0.15) is 0 Å². The van der Waals surface area contributed by atoms with Crippen LogP contribution in [0.25, 0.3) is 10.9 Å². The van der Waals surface area contributed by atoms with E-state index < -0.39 is 0 Å². The smallest absolute Gasteiger partial charge is 0.251 e. The Morgan fingerprint density at radius 3 is 2.75 bits per heavy atom. The fraction of sp³-hybridized carbons (Fsp3) is 0.565. The quantitative estimate of drug-likeness (QED) is 0.676. The van der Waals surface area contributed by atoms with E-state index in [1.54, 1.807) is 0 Å². The van der Waals surface area contributed by atoms with Crippen LogP contribution in [-0.2, 0) is 12.8 Å². The van der Waals surface area contributed by atoms with Crippen molar-refractivity contribution in [3.05, 3.63) is 40.0 Å². The average Bonchev–Trinajstić information content (AvgIpc) is 2.71. The monoisotopic (exact) mass is 401 g/mol. The number of hydrogen-bond donors (Lipinski definition) is 1. The largest absolute Gasteiger partial charge is 0.350 e. The number of carbonyl (C=O) groups is 1. The summed E-state index contributed by atoms with van der Waals surface area (Å²) < 4.78 is 0. The molecule has 0 saturated carbocycles. The summed E-state index contributed by atoms with van der Waals surface area (Å²) in [5.74, 6) is -0.0344. The molecule has 1 aromatic heterocycles. The zero-order valence-corrected chi connectivity index (χ0v) is 18.1. The standard InChI is InChI=1S/C23H32ClN3O/c1-4-27(5-2)14-8-9-16(3)25-23(28)17-12-13-19-21(15-17)26-20-11-7-6-10-18(20)22(19)24/h12-13,15-16H,4-11,14H2,1-3H3,(H,25,28). The predicted octanol–water partition coefficient (Wildman–Crippen LogP) is 5.01. The Morgan fingerprint density at radius 2 is 2.00 bits per heavy atom. The summed E-state index contributed by atoms with van der Waals surface area (Å²) in [5.41, 5.74) is 3.78. The summed E-state index contributed by atoms with van der Waals surface area (Å²) in [4.78, 5) is 19.9. The molecule has 1 heterocycles. The van der Waals surface area contributed by atoms with Crippen LogP contribution in [0.15, 0.2) is 18.2 Å². The first-order chi connectivity index (χ1) is 13.5. The van der Waals surface area contributed by atoms with Crippen molar-refractivity contribution in [1.29, 1.82) is 0 Å². The van der Waals surface area contributed by atoms with Crippen molar-refractivity contribution in [2.45, 2.75) is 65.3 Å². The summed E-state index contributed by atoms with van der Waals surface area (Å²) in [6, 6.07) is 5.84. The first-order valence-electron chi connectivity index (χ1n) is 10.7. The molecule has 0 saturated heterocycles. The van der Waals surface area contributed by atoms with Crippen LogP contribution in [0.1, 0.15) is 68.1 Å². The number of fused-ring (bicyclic) bond motifs is 2. The Labute approximate surface area is 173 Å². The third-order valence-corrected chi connectivity index (χ3v) is 6.27. The number of benzene rings is 1. The van der Waals surface area contributed by atoms with Gasteiger partial charge in [-0.25, -0.2) is 0 Å². The Bertz CT molecular complexity index is 832. The van der Waals surface area contributed by atoms with Gasteiger partial charge in [0, 0.05) is 22.7 Å². The summed E-state index contributed by atoms with van der Waals surface area (Å²) in [5, 5.41) is 4.90. The lowest BCUT2D eigenvalue weighted by molar-refractivity contribution is 0.0937. The summed E-state index contributed by atoms with van der Waals surface area (Å²) in [6.45, 7) is 9.68. The predicted molar refractivity (Wildman–Crippen MR) is 117 cm³/mol. The third-order valence-electron chi connectivity index (χ3n) is 5.84. The van der Waals surface area contributed by atoms with Crippen LogP contribution in [0.5, 0.6) is 0 Å². The van der Waals surface area contributed by atoms with Crippen molar-refractivity contribution >= 4 is 28.4 Å². The number of carbonyl (C=O) groups excluding carboxylic acids is 1. The molecule has 4 nitrogen and oxygen atoms in total. The third kappa shape index (κ3) is 4.84. The Kier molecular flexibility index (Phi) is 7.30. The maximum absolute atomic E-state index is 12.7. The van der Waals surface area contributed by atoms with Crippen LogP contribution in [0.3, 0.4) is 0 Å². The maximum atomic E-state index is 12.7. The van der Waals surface area contributed by atoms with Crippen molar-refractivity contribution < 1.29 is 4.79 Å². The van der Waals surface area contributed by atoms with Gasteiger partial charge >= 0.3 is 0 Å². The number of pyridine rings is 1. The number of amides is 1. The second kappa shape index (κ2) is 9.71. The second-order valence-corrected chi connectivity index (χ2v) is 8.21. The number of nitrogens with one attached hydrogen (secondary N) is 1. The Morgan fingerprint density at radius 1 is 1.25 bits per heavy atom. The molecule has 152 valence electrons. The molecule has 0 radical (unpaired) electrons. The highest BCUT2D eigenvalue weighted by molar-refractivity contribution is 6.36. The highest BCUT2D eigenvalue weighted by Crippen LogP contribution is 2.33. The van der Waals surface area contributed by atoms with E-state index in [2.05, 4.69) is 31.0 Å². The number of halogens is 1. The molecule has 0 fully saturated rings. The van der Waals surface area contributed by atoms with Crippen molar-refractivity contribution in [2.75, 3.05) is 19.6 Å². The van der Waals surface area contributed by atoms with Crippen LogP contribution in [0, 0.1) is 0 Å². The number of aromatic nitrogens is 1. The molecule has 28 heavy (non-hydrogen) atoms. The summed E-state index contributed by atoms with van der Waals surface area (Å²) >= 11 is 6.64. The van der Waals surface area contributed by atoms with Crippen molar-refractivity contribution in [1.82, 2.24) is 15.2 Å². The Hall–Kier alpha value is -1.65. The van der Waals surface area contributed by atoms with Crippen LogP contribution in [0.2, 0.25) is 5.02 Å². The number of rotatable bonds is 8. The lowest BCUT2D eigenvalue weighted by atomic mass is 9.94. The topological polar surface area (TPSA) is 45.2 Å². The molecule has 1 aliphatic rings. The van der Waals surface area contributed by atoms with E-state index in [4.69, 9.17) is 16.6 Å². The van der Waals surface area contributed by atoms with Gasteiger partial charge in [-0.15, -0.1) is 0 Å². The van der Waals surface area contributed by atoms with E-state index >= 15 is 0 Å². The maximum Gasteiger partial charge on any atom is 0.251 e. The molecular weight excluding hydrogens is 370 g/mol. The van der Waals surface area contributed by atoms with Crippen LogP contribution >= 0.6 is 11.6 Å². The second-order valence-electron chi connectivity index (χ2n) is 7.83. The fourth-order valence-corrected chi connectivity index (χ4v) is 4.41. The SMILES string of the molecule is CCN(CC)CCCC(C)NC(=O)c1ccc2c(Cl)c3c(nc2c1)CCCC3. The highest BCUT2D eigenvalue weighted by Gasteiger charge is 2.18. The van der Waals surface area contributed by atoms with Gasteiger partial charge in [0.15, 0.2) is 0 Å². The van der Waals surface area contributed by atoms with E-state index in [1.165, 1.54) is 12.0 Å². The van der Waals surface area contributed by atoms with Gasteiger partial charge in [-0.3, -0.25) is 9.78 Å². The molecule has 0 spiro atoms. The van der Waals surface area contributed by atoms with Crippen LogP contribution in [0.4, 0.5) is 0 Å². The van der Waals surface area contributed by atoms with Gasteiger partial charge in [0.25, 0.3) is 5.91 Å². The van der Waals surface area contributed by atoms with Crippen LogP contribution < -0.4 is 5.32 Å². The van der Waals surface area contributed by atoms with Gasteiger partial charge in [-0.05, 0) is 82.8 Å². The molecule has 1 atom stereocenters. The van der Waals surface area contributed by atoms with E-state index in [9.17, 15) is 4.79 Å². The molecule has 5 heteroatoms. The first-order valence-corrected chi connectivity index (χ1v) is 11.1. The van der Waals surface area contributed by atoms with Crippen molar-refractivity contribution in [2.24, 2.45) is 0 Å². The van der Waals surface area contributed by atoms with E-state index in [-0.39, 0.29) is 11.9 Å². The minimum atomic E-state index is -0.0344. The molecule has 1 unspecified atom stereocenters. The fourth-order valence-electron chi connectivity index (χ4n) is 4.05. The van der Waals surface area contributed by atoms with Gasteiger partial charge in [0.05, 0.1) is 10.5 Å². The van der Waals surface area contributed by atoms with Crippen molar-refractivity contribution in [3.8, 4) is 0 Å². The molecular formula is C23H32ClN3O. The lowest BCUT2D eigenvalue weighted by Crippen LogP contribution is -2.33. The lowest BCUT2D eigenvalue weighted by Gasteiger charge is -2.20. The Balaban J connectivity index is 1.66. The van der Waals surface area contributed by atoms with Gasteiger partial charge in [-0.2, -0.15) is 0 Å². The minimum absolute atomic E-state index is 0.0344. The van der Waals surface area contributed by atoms with Gasteiger partial charge in [-0.1, -0.05) is 31.5 Å². The molecule has 3 rings (SSSR count). The van der Waals surface area contributed by atoms with Crippen LogP contribution in [-0.4, -0.2) is 41.5 Å². The molecule has 2 aromatic rings. The summed E-state index contributed by atoms with van der Waals surface area (Å²) in [6.07, 6.45) is 6.38. The molecule has 0 aliphatic heterocycles. The van der Waals surface area contributed by atoms with Crippen molar-refractivity contribution in [3.63, 3.8) is 0 Å². The van der Waals surface area contributed by atoms with E-state index in [0.29, 0.717) is 5.56 Å². The van der Waals surface area contributed by atoms with Gasteiger partial charge in [0.2, 0.25) is 0 Å². The first kappa shape index (κ1) is 21.1. The molecule has 0 bridgehead atoms. The molecule has 1 aliphatic carbocycles. The summed E-state index contributed by atoms with van der Waals surface area (Å²) in [7, 11) is 0.